The van der Waals surface area contributed by atoms with Crippen LogP contribution in [0.25, 0.3) is 0 Å². The molecule has 0 bridgehead atoms. The van der Waals surface area contributed by atoms with Gasteiger partial charge >= 0.3 is 5.97 Å². The number of carboxylic acids is 1. The Morgan fingerprint density at radius 2 is 2.14 bits per heavy atom. The Morgan fingerprint density at radius 1 is 1.38 bits per heavy atom. The number of fused-ring (bicyclic) bond motifs is 1. The highest BCUT2D eigenvalue weighted by Crippen LogP contribution is 2.26. The monoisotopic (exact) mass is 289 g/mol. The molecule has 2 heterocycles. The molecule has 110 valence electrons. The second-order valence-electron chi connectivity index (χ2n) is 5.53. The number of carboxylic acid groups (broad SMARTS) is 1. The molecule has 4 N–H and O–H groups in total. The van der Waals surface area contributed by atoms with Gasteiger partial charge in [0.25, 0.3) is 5.91 Å². The van der Waals surface area contributed by atoms with Crippen molar-refractivity contribution in [1.82, 2.24) is 4.90 Å². The van der Waals surface area contributed by atoms with Crippen molar-refractivity contribution in [2.45, 2.75) is 18.4 Å². The van der Waals surface area contributed by atoms with Crippen LogP contribution in [0.2, 0.25) is 0 Å². The molecule has 2 aliphatic rings. The summed E-state index contributed by atoms with van der Waals surface area (Å²) in [7, 11) is 0. The zero-order valence-electron chi connectivity index (χ0n) is 11.3. The second kappa shape index (κ2) is 4.56. The number of nitrogens with two attached hydrogens (primary N) is 1. The number of amides is 2. The fraction of sp³-hybridized carbons (Fsp3) is 0.357. The molecule has 1 aromatic carbocycles. The lowest BCUT2D eigenvalue weighted by molar-refractivity contribution is -0.142. The fourth-order valence-electron chi connectivity index (χ4n) is 2.71. The first kappa shape index (κ1) is 13.6. The number of anilines is 1. The lowest BCUT2D eigenvalue weighted by atomic mass is 10.0. The van der Waals surface area contributed by atoms with Crippen molar-refractivity contribution in [3.8, 4) is 0 Å². The molecule has 2 amide bonds. The average molecular weight is 289 g/mol. The van der Waals surface area contributed by atoms with Crippen LogP contribution in [0.4, 0.5) is 5.69 Å². The van der Waals surface area contributed by atoms with Crippen LogP contribution in [0.5, 0.6) is 0 Å². The molecule has 1 aromatic rings. The van der Waals surface area contributed by atoms with E-state index in [9.17, 15) is 14.4 Å². The number of hydrogen-bond donors (Lipinski definition) is 3. The van der Waals surface area contributed by atoms with Gasteiger partial charge in [0.05, 0.1) is 6.42 Å². The minimum absolute atomic E-state index is 0.00931. The Kier molecular flexibility index (Phi) is 2.94. The molecule has 1 fully saturated rings. The van der Waals surface area contributed by atoms with E-state index in [4.69, 9.17) is 10.8 Å². The van der Waals surface area contributed by atoms with Crippen LogP contribution >= 0.6 is 0 Å². The van der Waals surface area contributed by atoms with Gasteiger partial charge in [-0.15, -0.1) is 0 Å². The van der Waals surface area contributed by atoms with Crippen molar-refractivity contribution in [3.63, 3.8) is 0 Å². The average Bonchev–Trinajstić information content (AvgIpc) is 3.00. The Balaban J connectivity index is 1.80. The van der Waals surface area contributed by atoms with E-state index in [0.717, 1.165) is 5.56 Å². The molecule has 0 aliphatic carbocycles. The van der Waals surface area contributed by atoms with Crippen molar-refractivity contribution < 1.29 is 19.5 Å². The molecule has 0 radical (unpaired) electrons. The van der Waals surface area contributed by atoms with E-state index in [1.165, 1.54) is 4.90 Å². The van der Waals surface area contributed by atoms with E-state index < -0.39 is 11.5 Å². The standard InChI is InChI=1S/C14H15N3O4/c15-14(13(20)21)3-4-17(7-14)12(19)9-2-1-8-6-11(18)16-10(8)5-9/h1-2,5H,3-4,6-7,15H2,(H,16,18)(H,20,21). The molecule has 7 heteroatoms. The van der Waals surface area contributed by atoms with Crippen LogP contribution in [0, 0.1) is 0 Å². The number of carbonyl (C=O) groups is 3. The summed E-state index contributed by atoms with van der Waals surface area (Å²) in [4.78, 5) is 36.3. The maximum absolute atomic E-state index is 12.4. The number of aliphatic carboxylic acids is 1. The van der Waals surface area contributed by atoms with Gasteiger partial charge < -0.3 is 21.1 Å². The van der Waals surface area contributed by atoms with Gasteiger partial charge in [-0.3, -0.25) is 14.4 Å². The van der Waals surface area contributed by atoms with E-state index in [2.05, 4.69) is 5.32 Å². The number of hydrogen-bond acceptors (Lipinski definition) is 4. The first-order valence-electron chi connectivity index (χ1n) is 6.63. The molecule has 0 spiro atoms. The lowest BCUT2D eigenvalue weighted by Crippen LogP contribution is -2.50. The Labute approximate surface area is 120 Å². The summed E-state index contributed by atoms with van der Waals surface area (Å²) in [6.07, 6.45) is 0.550. The highest BCUT2D eigenvalue weighted by molar-refractivity contribution is 6.02. The smallest absolute Gasteiger partial charge is 0.325 e. The molecule has 21 heavy (non-hydrogen) atoms. The SMILES string of the molecule is NC1(C(=O)O)CCN(C(=O)c2ccc3c(c2)NC(=O)C3)C1. The molecule has 3 rings (SSSR count). The minimum atomic E-state index is -1.37. The summed E-state index contributed by atoms with van der Waals surface area (Å²) in [5.41, 5.74) is 6.31. The Hall–Kier alpha value is -2.41. The first-order valence-corrected chi connectivity index (χ1v) is 6.63. The van der Waals surface area contributed by atoms with Crippen molar-refractivity contribution >= 4 is 23.5 Å². The number of likely N-dealkylation sites (tertiary alicyclic amines) is 1. The molecule has 1 atom stereocenters. The number of rotatable bonds is 2. The molecular formula is C14H15N3O4. The highest BCUT2D eigenvalue weighted by Gasteiger charge is 2.43. The van der Waals surface area contributed by atoms with E-state index in [1.807, 2.05) is 0 Å². The predicted octanol–water partition coefficient (Wildman–Crippen LogP) is -0.191. The molecule has 7 nitrogen and oxygen atoms in total. The van der Waals surface area contributed by atoms with Gasteiger partial charge in [-0.1, -0.05) is 6.07 Å². The largest absolute Gasteiger partial charge is 0.480 e. The van der Waals surface area contributed by atoms with Gasteiger partial charge in [0, 0.05) is 24.3 Å². The van der Waals surface area contributed by atoms with Gasteiger partial charge in [-0.2, -0.15) is 0 Å². The number of nitrogens with one attached hydrogen (secondary N) is 1. The summed E-state index contributed by atoms with van der Waals surface area (Å²) in [5.74, 6) is -1.46. The first-order chi connectivity index (χ1) is 9.89. The highest BCUT2D eigenvalue weighted by atomic mass is 16.4. The van der Waals surface area contributed by atoms with Crippen molar-refractivity contribution in [2.75, 3.05) is 18.4 Å². The maximum Gasteiger partial charge on any atom is 0.325 e. The summed E-state index contributed by atoms with van der Waals surface area (Å²) in [5, 5.41) is 11.8. The van der Waals surface area contributed by atoms with Crippen LogP contribution in [0.3, 0.4) is 0 Å². The summed E-state index contributed by atoms with van der Waals surface area (Å²) in [6.45, 7) is 0.301. The van der Waals surface area contributed by atoms with Crippen LogP contribution in [-0.4, -0.2) is 46.4 Å². The van der Waals surface area contributed by atoms with Crippen LogP contribution in [0.1, 0.15) is 22.3 Å². The van der Waals surface area contributed by atoms with Gasteiger partial charge in [-0.25, -0.2) is 0 Å². The third-order valence-corrected chi connectivity index (χ3v) is 4.00. The third-order valence-electron chi connectivity index (χ3n) is 4.00. The number of carbonyl (C=O) groups excluding carboxylic acids is 2. The summed E-state index contributed by atoms with van der Waals surface area (Å²) >= 11 is 0. The van der Waals surface area contributed by atoms with Gasteiger partial charge in [0.15, 0.2) is 0 Å². The summed E-state index contributed by atoms with van der Waals surface area (Å²) < 4.78 is 0. The maximum atomic E-state index is 12.4. The Morgan fingerprint density at radius 3 is 2.81 bits per heavy atom. The number of benzene rings is 1. The number of nitrogens with zero attached hydrogens (tertiary/aromatic N) is 1. The molecule has 0 saturated carbocycles. The minimum Gasteiger partial charge on any atom is -0.480 e. The molecule has 1 unspecified atom stereocenters. The topological polar surface area (TPSA) is 113 Å². The summed E-state index contributed by atoms with van der Waals surface area (Å²) in [6, 6.07) is 5.02. The molecule has 0 aromatic heterocycles. The van der Waals surface area contributed by atoms with Crippen LogP contribution < -0.4 is 11.1 Å². The lowest BCUT2D eigenvalue weighted by Gasteiger charge is -2.20. The zero-order chi connectivity index (χ0) is 15.2. The molecule has 2 aliphatic heterocycles. The molecule has 1 saturated heterocycles. The van der Waals surface area contributed by atoms with Crippen molar-refractivity contribution in [2.24, 2.45) is 5.73 Å². The second-order valence-corrected chi connectivity index (χ2v) is 5.53. The van der Waals surface area contributed by atoms with E-state index >= 15 is 0 Å². The van der Waals surface area contributed by atoms with Gasteiger partial charge in [0.1, 0.15) is 5.54 Å². The van der Waals surface area contributed by atoms with E-state index in [1.54, 1.807) is 18.2 Å². The zero-order valence-corrected chi connectivity index (χ0v) is 11.3. The van der Waals surface area contributed by atoms with Crippen LogP contribution in [-0.2, 0) is 16.0 Å². The molecular weight excluding hydrogens is 274 g/mol. The Bertz CT molecular complexity index is 658. The van der Waals surface area contributed by atoms with E-state index in [0.29, 0.717) is 24.2 Å². The quantitative estimate of drug-likeness (QED) is 0.698. The fourth-order valence-corrected chi connectivity index (χ4v) is 2.71. The van der Waals surface area contributed by atoms with Crippen molar-refractivity contribution in [1.29, 1.82) is 0 Å². The van der Waals surface area contributed by atoms with Gasteiger partial charge in [0.2, 0.25) is 5.91 Å². The third kappa shape index (κ3) is 2.25. The van der Waals surface area contributed by atoms with E-state index in [-0.39, 0.29) is 24.8 Å². The van der Waals surface area contributed by atoms with Crippen LogP contribution in [0.15, 0.2) is 18.2 Å². The predicted molar refractivity (Wildman–Crippen MR) is 73.9 cm³/mol. The van der Waals surface area contributed by atoms with Gasteiger partial charge in [-0.05, 0) is 24.1 Å². The van der Waals surface area contributed by atoms with Crippen molar-refractivity contribution in [3.05, 3.63) is 29.3 Å². The normalized spacial score (nSPS) is 23.9.